The molecular formula is C34H37NO6. The number of aliphatic hydroxyl groups is 1. The molecule has 214 valence electrons. The van der Waals surface area contributed by atoms with Crippen molar-refractivity contribution in [2.45, 2.75) is 58.9 Å². The number of carbonyl (C=O) groups excluding carboxylic acids is 3. The Kier molecular flexibility index (Phi) is 8.11. The molecular weight excluding hydrogens is 518 g/mol. The molecule has 7 heteroatoms. The summed E-state index contributed by atoms with van der Waals surface area (Å²) in [6.07, 6.45) is 0. The van der Waals surface area contributed by atoms with Crippen LogP contribution in [-0.2, 0) is 19.7 Å². The number of amides is 1. The largest absolute Gasteiger partial charge is 0.507 e. The first kappa shape index (κ1) is 29.6. The van der Waals surface area contributed by atoms with Gasteiger partial charge in [-0.3, -0.25) is 14.5 Å². The second-order valence-corrected chi connectivity index (χ2v) is 11.6. The van der Waals surface area contributed by atoms with Gasteiger partial charge >= 0.3 is 5.97 Å². The zero-order chi connectivity index (χ0) is 30.2. The third-order valence-electron chi connectivity index (χ3n) is 7.56. The van der Waals surface area contributed by atoms with Gasteiger partial charge < -0.3 is 14.6 Å². The van der Waals surface area contributed by atoms with Crippen molar-refractivity contribution in [3.05, 3.63) is 99.6 Å². The van der Waals surface area contributed by atoms with E-state index in [0.717, 1.165) is 11.1 Å². The van der Waals surface area contributed by atoms with Crippen LogP contribution in [0, 0.1) is 6.92 Å². The second-order valence-electron chi connectivity index (χ2n) is 11.6. The Bertz CT molecular complexity index is 1530. The molecule has 1 atom stereocenters. The van der Waals surface area contributed by atoms with E-state index < -0.39 is 23.7 Å². The second kappa shape index (κ2) is 11.2. The van der Waals surface area contributed by atoms with Crippen LogP contribution in [0.4, 0.5) is 5.69 Å². The van der Waals surface area contributed by atoms with Crippen LogP contribution in [0.25, 0.3) is 5.76 Å². The zero-order valence-corrected chi connectivity index (χ0v) is 24.9. The molecule has 1 fully saturated rings. The molecule has 1 heterocycles. The third-order valence-corrected chi connectivity index (χ3v) is 7.56. The summed E-state index contributed by atoms with van der Waals surface area (Å²) in [6.45, 7) is 12.2. The zero-order valence-electron chi connectivity index (χ0n) is 24.9. The quantitative estimate of drug-likeness (QED) is 0.155. The highest BCUT2D eigenvalue weighted by molar-refractivity contribution is 6.51. The molecule has 0 bridgehead atoms. The van der Waals surface area contributed by atoms with Gasteiger partial charge in [-0.15, -0.1) is 0 Å². The van der Waals surface area contributed by atoms with E-state index in [2.05, 4.69) is 20.8 Å². The standard InChI is InChI=1S/C34H37NO6/c1-19(2)25-18-26(20(3)17-27(25)40-7)30(36)28-29(21-9-13-23(14-10-21)34(4,5)6)35(32(38)31(28)37)24-15-11-22(12-16-24)33(39)41-8/h9-19,29,36H,1-8H3/b30-28+. The summed E-state index contributed by atoms with van der Waals surface area (Å²) >= 11 is 0. The molecule has 0 saturated carbocycles. The Balaban J connectivity index is 1.96. The van der Waals surface area contributed by atoms with Crippen LogP contribution >= 0.6 is 0 Å². The number of aliphatic hydroxyl groups excluding tert-OH is 1. The van der Waals surface area contributed by atoms with Crippen molar-refractivity contribution in [3.8, 4) is 5.75 Å². The van der Waals surface area contributed by atoms with E-state index in [4.69, 9.17) is 9.47 Å². The number of anilines is 1. The van der Waals surface area contributed by atoms with Crippen molar-refractivity contribution in [1.29, 1.82) is 0 Å². The fraction of sp³-hybridized carbons (Fsp3) is 0.324. The molecule has 0 spiro atoms. The van der Waals surface area contributed by atoms with Crippen LogP contribution in [0.3, 0.4) is 0 Å². The van der Waals surface area contributed by atoms with E-state index in [9.17, 15) is 19.5 Å². The minimum atomic E-state index is -0.892. The Morgan fingerprint density at radius 1 is 0.951 bits per heavy atom. The van der Waals surface area contributed by atoms with Crippen molar-refractivity contribution in [2.75, 3.05) is 19.1 Å². The number of hydrogen-bond donors (Lipinski definition) is 1. The van der Waals surface area contributed by atoms with Crippen LogP contribution in [0.15, 0.2) is 66.2 Å². The predicted octanol–water partition coefficient (Wildman–Crippen LogP) is 6.84. The van der Waals surface area contributed by atoms with Crippen molar-refractivity contribution in [2.24, 2.45) is 0 Å². The lowest BCUT2D eigenvalue weighted by atomic mass is 9.85. The number of rotatable bonds is 6. The summed E-state index contributed by atoms with van der Waals surface area (Å²) in [5.41, 5.74) is 4.43. The summed E-state index contributed by atoms with van der Waals surface area (Å²) in [5.74, 6) is -1.53. The van der Waals surface area contributed by atoms with Crippen LogP contribution < -0.4 is 9.64 Å². The molecule has 0 aromatic heterocycles. The average molecular weight is 556 g/mol. The SMILES string of the molecule is COC(=O)c1ccc(N2C(=O)C(=O)/C(=C(/O)c3cc(C(C)C)c(OC)cc3C)C2c2ccc(C(C)(C)C)cc2)cc1. The molecule has 1 saturated heterocycles. The molecule has 1 unspecified atom stereocenters. The molecule has 1 aliphatic rings. The molecule has 0 aliphatic carbocycles. The molecule has 1 N–H and O–H groups in total. The Morgan fingerprint density at radius 2 is 1.56 bits per heavy atom. The van der Waals surface area contributed by atoms with E-state index in [-0.39, 0.29) is 22.7 Å². The van der Waals surface area contributed by atoms with Crippen molar-refractivity contribution >= 4 is 29.1 Å². The van der Waals surface area contributed by atoms with Crippen molar-refractivity contribution in [3.63, 3.8) is 0 Å². The summed E-state index contributed by atoms with van der Waals surface area (Å²) < 4.78 is 10.4. The number of ether oxygens (including phenoxy) is 2. The average Bonchev–Trinajstić information content (AvgIpc) is 3.21. The van der Waals surface area contributed by atoms with E-state index in [1.165, 1.54) is 12.0 Å². The van der Waals surface area contributed by atoms with Gasteiger partial charge in [0.25, 0.3) is 11.7 Å². The normalized spacial score (nSPS) is 16.8. The summed E-state index contributed by atoms with van der Waals surface area (Å²) in [7, 11) is 2.89. The van der Waals surface area contributed by atoms with Gasteiger partial charge in [0, 0.05) is 11.3 Å². The highest BCUT2D eigenvalue weighted by Crippen LogP contribution is 2.44. The van der Waals surface area contributed by atoms with Gasteiger partial charge in [-0.2, -0.15) is 0 Å². The number of aryl methyl sites for hydroxylation is 1. The van der Waals surface area contributed by atoms with Crippen LogP contribution in [0.5, 0.6) is 5.75 Å². The number of nitrogens with zero attached hydrogens (tertiary/aromatic N) is 1. The first-order valence-corrected chi connectivity index (χ1v) is 13.6. The van der Waals surface area contributed by atoms with Gasteiger partial charge in [0.05, 0.1) is 31.4 Å². The Labute approximate surface area is 241 Å². The maximum Gasteiger partial charge on any atom is 0.337 e. The first-order chi connectivity index (χ1) is 19.3. The van der Waals surface area contributed by atoms with Gasteiger partial charge in [0.15, 0.2) is 0 Å². The lowest BCUT2D eigenvalue weighted by Crippen LogP contribution is -2.29. The molecule has 41 heavy (non-hydrogen) atoms. The van der Waals surface area contributed by atoms with Crippen molar-refractivity contribution in [1.82, 2.24) is 0 Å². The lowest BCUT2D eigenvalue weighted by Gasteiger charge is -2.27. The predicted molar refractivity (Wildman–Crippen MR) is 160 cm³/mol. The topological polar surface area (TPSA) is 93.1 Å². The molecule has 3 aromatic rings. The van der Waals surface area contributed by atoms with Crippen LogP contribution in [0.2, 0.25) is 0 Å². The Hall–Kier alpha value is -4.39. The summed E-state index contributed by atoms with van der Waals surface area (Å²) in [5, 5.41) is 11.8. The number of benzene rings is 3. The highest BCUT2D eigenvalue weighted by Gasteiger charge is 2.47. The summed E-state index contributed by atoms with van der Waals surface area (Å²) in [6, 6.07) is 16.8. The number of hydrogen-bond acceptors (Lipinski definition) is 6. The fourth-order valence-corrected chi connectivity index (χ4v) is 5.18. The number of esters is 1. The van der Waals surface area contributed by atoms with E-state index in [1.807, 2.05) is 57.2 Å². The van der Waals surface area contributed by atoms with Gasteiger partial charge in [0.1, 0.15) is 11.5 Å². The van der Waals surface area contributed by atoms with E-state index in [0.29, 0.717) is 33.7 Å². The molecule has 0 radical (unpaired) electrons. The van der Waals surface area contributed by atoms with E-state index >= 15 is 0 Å². The minimum Gasteiger partial charge on any atom is -0.507 e. The number of carbonyl (C=O) groups is 3. The molecule has 4 rings (SSSR count). The Morgan fingerprint density at radius 3 is 2.07 bits per heavy atom. The van der Waals surface area contributed by atoms with E-state index in [1.54, 1.807) is 31.4 Å². The number of methoxy groups -OCH3 is 2. The molecule has 7 nitrogen and oxygen atoms in total. The summed E-state index contributed by atoms with van der Waals surface area (Å²) in [4.78, 5) is 40.7. The fourth-order valence-electron chi connectivity index (χ4n) is 5.18. The maximum atomic E-state index is 13.7. The van der Waals surface area contributed by atoms with Crippen LogP contribution in [0.1, 0.15) is 84.8 Å². The van der Waals surface area contributed by atoms with Gasteiger partial charge in [-0.1, -0.05) is 58.9 Å². The molecule has 1 amide bonds. The first-order valence-electron chi connectivity index (χ1n) is 13.6. The van der Waals surface area contributed by atoms with Gasteiger partial charge in [-0.05, 0) is 76.9 Å². The minimum absolute atomic E-state index is 0.00136. The lowest BCUT2D eigenvalue weighted by molar-refractivity contribution is -0.132. The maximum absolute atomic E-state index is 13.7. The number of ketones is 1. The molecule has 1 aliphatic heterocycles. The monoisotopic (exact) mass is 555 g/mol. The van der Waals surface area contributed by atoms with Crippen LogP contribution in [-0.4, -0.2) is 37.0 Å². The van der Waals surface area contributed by atoms with Gasteiger partial charge in [-0.25, -0.2) is 4.79 Å². The van der Waals surface area contributed by atoms with Gasteiger partial charge in [0.2, 0.25) is 0 Å². The molecule has 3 aromatic carbocycles. The smallest absolute Gasteiger partial charge is 0.337 e. The number of Topliss-reactive ketones (excluding diaryl/α,β-unsaturated/α-hetero) is 1. The highest BCUT2D eigenvalue weighted by atomic mass is 16.5. The third kappa shape index (κ3) is 5.49. The van der Waals surface area contributed by atoms with Crippen molar-refractivity contribution < 1.29 is 29.0 Å².